The average Bonchev–Trinajstić information content (AvgIpc) is 2.48. The fourth-order valence-electron chi connectivity index (χ4n) is 2.27. The van der Waals surface area contributed by atoms with Crippen molar-refractivity contribution in [1.82, 2.24) is 0 Å². The summed E-state index contributed by atoms with van der Waals surface area (Å²) in [7, 11) is 0. The van der Waals surface area contributed by atoms with Gasteiger partial charge in [0, 0.05) is 6.54 Å². The van der Waals surface area contributed by atoms with Crippen LogP contribution in [0.3, 0.4) is 0 Å². The highest BCUT2D eigenvalue weighted by molar-refractivity contribution is 5.58. The zero-order valence-corrected chi connectivity index (χ0v) is 12.1. The van der Waals surface area contributed by atoms with E-state index >= 15 is 0 Å². The molecule has 2 aromatic carbocycles. The highest BCUT2D eigenvalue weighted by atomic mass is 14.9. The lowest BCUT2D eigenvalue weighted by molar-refractivity contribution is 0.706. The summed E-state index contributed by atoms with van der Waals surface area (Å²) in [6.07, 6.45) is 1.04. The van der Waals surface area contributed by atoms with Gasteiger partial charge in [-0.05, 0) is 42.5 Å². The van der Waals surface area contributed by atoms with Crippen molar-refractivity contribution in [3.63, 3.8) is 0 Å². The van der Waals surface area contributed by atoms with E-state index in [1.807, 2.05) is 31.2 Å². The monoisotopic (exact) mass is 264 g/mol. The number of aryl methyl sites for hydroxylation is 1. The molecule has 0 saturated heterocycles. The van der Waals surface area contributed by atoms with Crippen LogP contribution in [0.25, 0.3) is 0 Å². The Balaban J connectivity index is 1.94. The summed E-state index contributed by atoms with van der Waals surface area (Å²) in [5.41, 5.74) is 4.18. The molecule has 1 unspecified atom stereocenters. The molecule has 1 N–H and O–H groups in total. The summed E-state index contributed by atoms with van der Waals surface area (Å²) >= 11 is 0. The summed E-state index contributed by atoms with van der Waals surface area (Å²) in [5, 5.41) is 12.5. The first-order chi connectivity index (χ1) is 9.70. The van der Waals surface area contributed by atoms with Gasteiger partial charge in [-0.25, -0.2) is 0 Å². The highest BCUT2D eigenvalue weighted by Gasteiger charge is 2.06. The molecular formula is C18H20N2. The van der Waals surface area contributed by atoms with E-state index in [4.69, 9.17) is 5.26 Å². The van der Waals surface area contributed by atoms with Gasteiger partial charge in [0.05, 0.1) is 11.3 Å². The van der Waals surface area contributed by atoms with E-state index in [1.54, 1.807) is 0 Å². The Kier molecular flexibility index (Phi) is 4.79. The Labute approximate surface area is 121 Å². The topological polar surface area (TPSA) is 35.8 Å². The molecule has 0 amide bonds. The number of benzene rings is 2. The smallest absolute Gasteiger partial charge is 0.101 e. The minimum Gasteiger partial charge on any atom is -0.384 e. The van der Waals surface area contributed by atoms with Crippen molar-refractivity contribution in [3.05, 3.63) is 65.2 Å². The van der Waals surface area contributed by atoms with Crippen molar-refractivity contribution < 1.29 is 0 Å². The van der Waals surface area contributed by atoms with Gasteiger partial charge in [0.1, 0.15) is 6.07 Å². The number of hydrogen-bond acceptors (Lipinski definition) is 2. The first-order valence-corrected chi connectivity index (χ1v) is 7.00. The van der Waals surface area contributed by atoms with Gasteiger partial charge < -0.3 is 5.32 Å². The summed E-state index contributed by atoms with van der Waals surface area (Å²) in [6.45, 7) is 5.14. The van der Waals surface area contributed by atoms with E-state index in [0.717, 1.165) is 18.7 Å². The number of nitrogens with zero attached hydrogens (tertiary/aromatic N) is 1. The first kappa shape index (κ1) is 14.1. The van der Waals surface area contributed by atoms with E-state index in [1.165, 1.54) is 11.1 Å². The minimum absolute atomic E-state index is 0.513. The van der Waals surface area contributed by atoms with Gasteiger partial charge in [-0.3, -0.25) is 0 Å². The fourth-order valence-corrected chi connectivity index (χ4v) is 2.27. The summed E-state index contributed by atoms with van der Waals surface area (Å²) in [6, 6.07) is 18.6. The van der Waals surface area contributed by atoms with Crippen LogP contribution >= 0.6 is 0 Å². The normalized spacial score (nSPS) is 11.7. The van der Waals surface area contributed by atoms with Gasteiger partial charge >= 0.3 is 0 Å². The molecule has 0 aliphatic heterocycles. The molecule has 0 bridgehead atoms. The second-order valence-corrected chi connectivity index (χ2v) is 5.19. The number of hydrogen-bond donors (Lipinski definition) is 1. The molecule has 20 heavy (non-hydrogen) atoms. The van der Waals surface area contributed by atoms with Gasteiger partial charge in [-0.1, -0.05) is 43.3 Å². The third-order valence-electron chi connectivity index (χ3n) is 3.56. The van der Waals surface area contributed by atoms with Crippen molar-refractivity contribution in [2.45, 2.75) is 26.2 Å². The van der Waals surface area contributed by atoms with Crippen LogP contribution < -0.4 is 5.32 Å². The third kappa shape index (κ3) is 3.61. The van der Waals surface area contributed by atoms with Crippen molar-refractivity contribution in [2.24, 2.45) is 0 Å². The Morgan fingerprint density at radius 1 is 1.15 bits per heavy atom. The lowest BCUT2D eigenvalue weighted by Gasteiger charge is -2.14. The molecule has 0 saturated carbocycles. The first-order valence-electron chi connectivity index (χ1n) is 7.00. The zero-order chi connectivity index (χ0) is 14.4. The maximum absolute atomic E-state index is 9.11. The van der Waals surface area contributed by atoms with E-state index in [-0.39, 0.29) is 0 Å². The lowest BCUT2D eigenvalue weighted by Crippen LogP contribution is -2.07. The van der Waals surface area contributed by atoms with Gasteiger partial charge in [0.2, 0.25) is 0 Å². The molecule has 2 aromatic rings. The largest absolute Gasteiger partial charge is 0.384 e. The molecule has 2 nitrogen and oxygen atoms in total. The maximum atomic E-state index is 9.11. The second-order valence-electron chi connectivity index (χ2n) is 5.19. The van der Waals surface area contributed by atoms with Crippen LogP contribution in [0.15, 0.2) is 48.5 Å². The summed E-state index contributed by atoms with van der Waals surface area (Å²) in [4.78, 5) is 0. The quantitative estimate of drug-likeness (QED) is 0.864. The van der Waals surface area contributed by atoms with Gasteiger partial charge in [0.25, 0.3) is 0 Å². The Morgan fingerprint density at radius 2 is 1.90 bits per heavy atom. The average molecular weight is 264 g/mol. The molecule has 102 valence electrons. The predicted molar refractivity (Wildman–Crippen MR) is 83.9 cm³/mol. The standard InChI is InChI=1S/C18H20N2/c1-14-8-9-17(13-19)18(12-14)20-11-10-15(2)16-6-4-3-5-7-16/h3-9,12,15,20H,10-11H2,1-2H3. The molecule has 0 radical (unpaired) electrons. The van der Waals surface area contributed by atoms with Crippen molar-refractivity contribution in [3.8, 4) is 6.07 Å². The highest BCUT2D eigenvalue weighted by Crippen LogP contribution is 2.20. The molecular weight excluding hydrogens is 244 g/mol. The predicted octanol–water partition coefficient (Wildman–Crippen LogP) is 4.47. The van der Waals surface area contributed by atoms with Crippen LogP contribution in [-0.2, 0) is 0 Å². The molecule has 0 aliphatic carbocycles. The van der Waals surface area contributed by atoms with E-state index < -0.39 is 0 Å². The Morgan fingerprint density at radius 3 is 2.60 bits per heavy atom. The molecule has 2 heteroatoms. The third-order valence-corrected chi connectivity index (χ3v) is 3.56. The Hall–Kier alpha value is -2.27. The van der Waals surface area contributed by atoms with E-state index in [0.29, 0.717) is 11.5 Å². The summed E-state index contributed by atoms with van der Waals surface area (Å²) in [5.74, 6) is 0.513. The van der Waals surface area contributed by atoms with E-state index in [9.17, 15) is 0 Å². The van der Waals surface area contributed by atoms with E-state index in [2.05, 4.69) is 42.6 Å². The van der Waals surface area contributed by atoms with Crippen LogP contribution in [0.5, 0.6) is 0 Å². The van der Waals surface area contributed by atoms with Crippen LogP contribution in [0.1, 0.15) is 36.0 Å². The van der Waals surface area contributed by atoms with Gasteiger partial charge in [-0.15, -0.1) is 0 Å². The SMILES string of the molecule is Cc1ccc(C#N)c(NCCC(C)c2ccccc2)c1. The van der Waals surface area contributed by atoms with Gasteiger partial charge in [-0.2, -0.15) is 5.26 Å². The maximum Gasteiger partial charge on any atom is 0.101 e. The van der Waals surface area contributed by atoms with Crippen LogP contribution in [0, 0.1) is 18.3 Å². The van der Waals surface area contributed by atoms with Crippen molar-refractivity contribution >= 4 is 5.69 Å². The van der Waals surface area contributed by atoms with Gasteiger partial charge in [0.15, 0.2) is 0 Å². The molecule has 1 atom stereocenters. The number of nitriles is 1. The molecule has 0 aromatic heterocycles. The molecule has 0 heterocycles. The lowest BCUT2D eigenvalue weighted by atomic mass is 9.98. The minimum atomic E-state index is 0.513. The molecule has 0 fully saturated rings. The molecule has 0 spiro atoms. The van der Waals surface area contributed by atoms with Crippen LogP contribution in [0.2, 0.25) is 0 Å². The number of nitrogens with one attached hydrogen (secondary N) is 1. The van der Waals surface area contributed by atoms with Crippen molar-refractivity contribution in [1.29, 1.82) is 5.26 Å². The number of anilines is 1. The van der Waals surface area contributed by atoms with Crippen LogP contribution in [0.4, 0.5) is 5.69 Å². The second kappa shape index (κ2) is 6.77. The summed E-state index contributed by atoms with van der Waals surface area (Å²) < 4.78 is 0. The molecule has 0 aliphatic rings. The molecule has 2 rings (SSSR count). The Bertz CT molecular complexity index is 597. The van der Waals surface area contributed by atoms with Crippen molar-refractivity contribution in [2.75, 3.05) is 11.9 Å². The fraction of sp³-hybridized carbons (Fsp3) is 0.278. The number of rotatable bonds is 5. The van der Waals surface area contributed by atoms with Crippen LogP contribution in [-0.4, -0.2) is 6.54 Å². The zero-order valence-electron chi connectivity index (χ0n) is 12.1.